The molecule has 2 N–H and O–H groups in total. The highest BCUT2D eigenvalue weighted by molar-refractivity contribution is 5.14. The highest BCUT2D eigenvalue weighted by atomic mass is 16.3. The fourth-order valence-electron chi connectivity index (χ4n) is 8.06. The van der Waals surface area contributed by atoms with E-state index >= 15 is 0 Å². The van der Waals surface area contributed by atoms with Crippen LogP contribution in [0.3, 0.4) is 0 Å². The average molecular weight is 335 g/mol. The molecule has 0 unspecified atom stereocenters. The van der Waals surface area contributed by atoms with Gasteiger partial charge in [-0.1, -0.05) is 27.7 Å². The highest BCUT2D eigenvalue weighted by Crippen LogP contribution is 2.70. The summed E-state index contributed by atoms with van der Waals surface area (Å²) in [5.74, 6) is 2.35. The fourth-order valence-corrected chi connectivity index (χ4v) is 8.06. The van der Waals surface area contributed by atoms with Gasteiger partial charge in [-0.2, -0.15) is 0 Å². The van der Waals surface area contributed by atoms with Crippen LogP contribution in [0.4, 0.5) is 0 Å². The molecule has 4 fully saturated rings. The molecule has 0 aromatic heterocycles. The maximum Gasteiger partial charge on any atom is 0.0650 e. The molecule has 2 nitrogen and oxygen atoms in total. The monoisotopic (exact) mass is 334 g/mol. The van der Waals surface area contributed by atoms with Crippen LogP contribution in [0.1, 0.15) is 91.9 Å². The maximum absolute atomic E-state index is 11.0. The third-order valence-electron chi connectivity index (χ3n) is 10.1. The van der Waals surface area contributed by atoms with E-state index in [9.17, 15) is 10.2 Å². The van der Waals surface area contributed by atoms with E-state index in [1.807, 2.05) is 0 Å². The first-order valence-corrected chi connectivity index (χ1v) is 10.6. The summed E-state index contributed by atoms with van der Waals surface area (Å²) in [4.78, 5) is 0. The van der Waals surface area contributed by atoms with Gasteiger partial charge in [0, 0.05) is 0 Å². The highest BCUT2D eigenvalue weighted by Gasteiger charge is 2.64. The normalized spacial score (nSPS) is 60.2. The summed E-state index contributed by atoms with van der Waals surface area (Å²) in [5.41, 5.74) is 0.437. The number of hydrogen-bond acceptors (Lipinski definition) is 2. The molecule has 0 saturated heterocycles. The van der Waals surface area contributed by atoms with Crippen molar-refractivity contribution in [2.75, 3.05) is 0 Å². The molecule has 0 heterocycles. The topological polar surface area (TPSA) is 40.5 Å². The van der Waals surface area contributed by atoms with Crippen molar-refractivity contribution in [1.29, 1.82) is 0 Å². The Balaban J connectivity index is 1.65. The second-order valence-electron chi connectivity index (χ2n) is 10.8. The van der Waals surface area contributed by atoms with Gasteiger partial charge < -0.3 is 10.2 Å². The van der Waals surface area contributed by atoms with E-state index in [-0.39, 0.29) is 11.5 Å². The lowest BCUT2D eigenvalue weighted by Gasteiger charge is -2.66. The van der Waals surface area contributed by atoms with Crippen molar-refractivity contribution in [2.24, 2.45) is 34.0 Å². The van der Waals surface area contributed by atoms with Crippen LogP contribution in [-0.2, 0) is 0 Å². The van der Waals surface area contributed by atoms with Gasteiger partial charge in [0.15, 0.2) is 0 Å². The third-order valence-corrected chi connectivity index (χ3v) is 10.1. The maximum atomic E-state index is 11.0. The molecule has 2 heteroatoms. The predicted octanol–water partition coefficient (Wildman–Crippen LogP) is 4.92. The lowest BCUT2D eigenvalue weighted by molar-refractivity contribution is -0.195. The SMILES string of the molecule is CC[C@]1(O)CC[C@]2(C)[C@@H]3CC[C@]4(C)[C@H](O)CC[C@H]4[C@@H]3CC[C@@]2(C)C1. The molecule has 4 saturated carbocycles. The summed E-state index contributed by atoms with van der Waals surface area (Å²) in [5, 5.41) is 21.6. The minimum atomic E-state index is -0.423. The Bertz CT molecular complexity index is 518. The Morgan fingerprint density at radius 3 is 2.33 bits per heavy atom. The number of aliphatic hydroxyl groups excluding tert-OH is 1. The van der Waals surface area contributed by atoms with Crippen LogP contribution in [0.15, 0.2) is 0 Å². The van der Waals surface area contributed by atoms with Crippen molar-refractivity contribution in [2.45, 2.75) is 104 Å². The van der Waals surface area contributed by atoms with Crippen LogP contribution >= 0.6 is 0 Å². The van der Waals surface area contributed by atoms with E-state index in [4.69, 9.17) is 0 Å². The molecule has 8 atom stereocenters. The largest absolute Gasteiger partial charge is 0.393 e. The smallest absolute Gasteiger partial charge is 0.0650 e. The van der Waals surface area contributed by atoms with Gasteiger partial charge in [0.25, 0.3) is 0 Å². The molecule has 4 aliphatic carbocycles. The Hall–Kier alpha value is -0.0800. The summed E-state index contributed by atoms with van der Waals surface area (Å²) in [6.45, 7) is 9.58. The number of aliphatic hydroxyl groups is 2. The van der Waals surface area contributed by atoms with Gasteiger partial charge in [-0.25, -0.2) is 0 Å². The summed E-state index contributed by atoms with van der Waals surface area (Å²) < 4.78 is 0. The Kier molecular flexibility index (Phi) is 3.77. The van der Waals surface area contributed by atoms with Crippen LogP contribution in [0.5, 0.6) is 0 Å². The van der Waals surface area contributed by atoms with Crippen LogP contribution in [0, 0.1) is 34.0 Å². The number of fused-ring (bicyclic) bond motifs is 5. The Morgan fingerprint density at radius 1 is 0.875 bits per heavy atom. The Labute approximate surface area is 148 Å². The molecule has 0 spiro atoms. The molecular weight excluding hydrogens is 296 g/mol. The van der Waals surface area contributed by atoms with E-state index in [0.717, 1.165) is 43.4 Å². The van der Waals surface area contributed by atoms with Gasteiger partial charge in [0.2, 0.25) is 0 Å². The summed E-state index contributed by atoms with van der Waals surface area (Å²) in [6, 6.07) is 0. The minimum Gasteiger partial charge on any atom is -0.393 e. The molecule has 24 heavy (non-hydrogen) atoms. The summed E-state index contributed by atoms with van der Waals surface area (Å²) in [6.07, 6.45) is 11.4. The summed E-state index contributed by atoms with van der Waals surface area (Å²) >= 11 is 0. The average Bonchev–Trinajstić information content (AvgIpc) is 2.84. The first-order chi connectivity index (χ1) is 11.2. The van der Waals surface area contributed by atoms with Gasteiger partial charge in [-0.3, -0.25) is 0 Å². The molecule has 138 valence electrons. The fraction of sp³-hybridized carbons (Fsp3) is 1.00. The molecule has 0 aromatic rings. The van der Waals surface area contributed by atoms with E-state index < -0.39 is 5.60 Å². The van der Waals surface area contributed by atoms with E-state index in [1.165, 1.54) is 38.5 Å². The van der Waals surface area contributed by atoms with Crippen LogP contribution < -0.4 is 0 Å². The standard InChI is InChI=1S/C22H38O2/c1-5-22(24)13-12-21(4)17-9-11-20(3)16(6-7-18(20)23)15(17)8-10-19(21,2)14-22/h15-18,23-24H,5-14H2,1-4H3/t15-,16-,17+,18+,19-,20-,21+,22-/m0/s1. The van der Waals surface area contributed by atoms with Gasteiger partial charge in [-0.15, -0.1) is 0 Å². The molecule has 0 aliphatic heterocycles. The lowest BCUT2D eigenvalue weighted by Crippen LogP contribution is -2.60. The second kappa shape index (κ2) is 5.22. The van der Waals surface area contributed by atoms with Gasteiger partial charge in [0.1, 0.15) is 0 Å². The quantitative estimate of drug-likeness (QED) is 0.714. The van der Waals surface area contributed by atoms with Crippen molar-refractivity contribution in [3.05, 3.63) is 0 Å². The molecule has 0 radical (unpaired) electrons. The predicted molar refractivity (Wildman–Crippen MR) is 97.6 cm³/mol. The van der Waals surface area contributed by atoms with E-state index in [2.05, 4.69) is 27.7 Å². The molecule has 0 bridgehead atoms. The van der Waals surface area contributed by atoms with Crippen molar-refractivity contribution < 1.29 is 10.2 Å². The van der Waals surface area contributed by atoms with E-state index in [0.29, 0.717) is 10.8 Å². The second-order valence-corrected chi connectivity index (χ2v) is 10.8. The van der Waals surface area contributed by atoms with Crippen molar-refractivity contribution in [1.82, 2.24) is 0 Å². The molecule has 4 rings (SSSR count). The van der Waals surface area contributed by atoms with Gasteiger partial charge in [0.05, 0.1) is 11.7 Å². The number of hydrogen-bond donors (Lipinski definition) is 2. The van der Waals surface area contributed by atoms with Crippen LogP contribution in [0.25, 0.3) is 0 Å². The molecular formula is C22H38O2. The van der Waals surface area contributed by atoms with Crippen molar-refractivity contribution in [3.8, 4) is 0 Å². The van der Waals surface area contributed by atoms with Crippen molar-refractivity contribution in [3.63, 3.8) is 0 Å². The zero-order valence-corrected chi connectivity index (χ0v) is 16.3. The third kappa shape index (κ3) is 2.08. The first-order valence-electron chi connectivity index (χ1n) is 10.6. The molecule has 0 aromatic carbocycles. The first kappa shape index (κ1) is 17.3. The van der Waals surface area contributed by atoms with Crippen molar-refractivity contribution >= 4 is 0 Å². The van der Waals surface area contributed by atoms with Crippen LogP contribution in [0.2, 0.25) is 0 Å². The van der Waals surface area contributed by atoms with Gasteiger partial charge >= 0.3 is 0 Å². The van der Waals surface area contributed by atoms with Crippen LogP contribution in [-0.4, -0.2) is 21.9 Å². The van der Waals surface area contributed by atoms with E-state index in [1.54, 1.807) is 0 Å². The Morgan fingerprint density at radius 2 is 1.62 bits per heavy atom. The zero-order chi connectivity index (χ0) is 17.4. The molecule has 0 amide bonds. The minimum absolute atomic E-state index is 0.0684. The number of rotatable bonds is 1. The van der Waals surface area contributed by atoms with Gasteiger partial charge in [-0.05, 0) is 98.2 Å². The molecule has 4 aliphatic rings. The zero-order valence-electron chi connectivity index (χ0n) is 16.3. The summed E-state index contributed by atoms with van der Waals surface area (Å²) in [7, 11) is 0. The lowest BCUT2D eigenvalue weighted by atomic mass is 9.39.